The molecule has 0 amide bonds. The summed E-state index contributed by atoms with van der Waals surface area (Å²) >= 11 is 3.15. The van der Waals surface area contributed by atoms with Crippen LogP contribution in [0.15, 0.2) is 56.0 Å². The van der Waals surface area contributed by atoms with E-state index in [9.17, 15) is 20.2 Å². The first-order valence-electron chi connectivity index (χ1n) is 9.79. The number of nitro groups is 2. The largest absolute Gasteiger partial charge is 0.363 e. The Kier molecular flexibility index (Phi) is 6.37. The first-order valence-corrected chi connectivity index (χ1v) is 12.2. The van der Waals surface area contributed by atoms with Crippen molar-refractivity contribution in [2.24, 2.45) is 0 Å². The van der Waals surface area contributed by atoms with E-state index in [1.54, 1.807) is 0 Å². The second-order valence-corrected chi connectivity index (χ2v) is 10.0. The molecule has 3 aromatic carbocycles. The fraction of sp³-hybridized carbons (Fsp3) is 0.182. The van der Waals surface area contributed by atoms with Crippen molar-refractivity contribution in [1.29, 1.82) is 0 Å². The maximum atomic E-state index is 12.2. The monoisotopic (exact) mass is 498 g/mol. The van der Waals surface area contributed by atoms with Crippen LogP contribution < -0.4 is 0 Å². The first-order chi connectivity index (χ1) is 15.7. The number of hydrogen-bond acceptors (Lipinski definition) is 9. The van der Waals surface area contributed by atoms with Crippen LogP contribution in [0.2, 0.25) is 0 Å². The SMILES string of the molecule is Cc1cccc(C)c1Sc1c([N+](=O)[O-])c([N+](=O)[O-])c(Sc2c(C)cccc2C)c2nsnc12. The Morgan fingerprint density at radius 2 is 1.00 bits per heavy atom. The topological polar surface area (TPSA) is 112 Å². The summed E-state index contributed by atoms with van der Waals surface area (Å²) in [6.07, 6.45) is 0. The van der Waals surface area contributed by atoms with E-state index < -0.39 is 21.2 Å². The van der Waals surface area contributed by atoms with Gasteiger partial charge in [0, 0.05) is 9.79 Å². The van der Waals surface area contributed by atoms with Crippen LogP contribution in [0.5, 0.6) is 0 Å². The van der Waals surface area contributed by atoms with Gasteiger partial charge >= 0.3 is 11.4 Å². The van der Waals surface area contributed by atoms with Crippen LogP contribution in [-0.4, -0.2) is 18.6 Å². The van der Waals surface area contributed by atoms with Crippen molar-refractivity contribution in [2.75, 3.05) is 0 Å². The Bertz CT molecular complexity index is 1290. The standard InChI is InChI=1S/C22H18N4O4S3/c1-11-7-5-8-12(2)19(11)31-21-15-16(24-33-23-15)22(18(26(29)30)17(21)25(27)28)32-20-13(3)9-6-10-14(20)4/h5-10H,1-4H3. The molecule has 168 valence electrons. The molecule has 0 aliphatic rings. The number of aromatic nitrogens is 2. The maximum absolute atomic E-state index is 12.2. The summed E-state index contributed by atoms with van der Waals surface area (Å²) in [5, 5.41) is 24.5. The van der Waals surface area contributed by atoms with Gasteiger partial charge in [-0.15, -0.1) is 0 Å². The van der Waals surface area contributed by atoms with Crippen molar-refractivity contribution in [3.8, 4) is 0 Å². The zero-order valence-electron chi connectivity index (χ0n) is 18.1. The molecule has 0 unspecified atom stereocenters. The molecule has 0 bridgehead atoms. The Balaban J connectivity index is 2.05. The van der Waals surface area contributed by atoms with Crippen molar-refractivity contribution < 1.29 is 9.85 Å². The van der Waals surface area contributed by atoms with Crippen molar-refractivity contribution >= 4 is 57.7 Å². The molecule has 0 saturated carbocycles. The quantitative estimate of drug-likeness (QED) is 0.205. The minimum atomic E-state index is -0.679. The van der Waals surface area contributed by atoms with Gasteiger partial charge in [-0.3, -0.25) is 20.2 Å². The van der Waals surface area contributed by atoms with E-state index in [0.29, 0.717) is 11.0 Å². The summed E-state index contributed by atoms with van der Waals surface area (Å²) in [5.74, 6) is 0. The van der Waals surface area contributed by atoms with Crippen LogP contribution in [-0.2, 0) is 0 Å². The molecule has 1 aromatic heterocycles. The van der Waals surface area contributed by atoms with Crippen molar-refractivity contribution in [2.45, 2.75) is 47.3 Å². The molecule has 0 atom stereocenters. The lowest BCUT2D eigenvalue weighted by Gasteiger charge is -2.13. The third-order valence-electron chi connectivity index (χ3n) is 5.16. The smallest absolute Gasteiger partial charge is 0.258 e. The number of nitro benzene ring substituents is 2. The molecule has 4 aromatic rings. The normalized spacial score (nSPS) is 11.2. The highest BCUT2D eigenvalue weighted by Crippen LogP contribution is 2.52. The molecule has 0 N–H and O–H groups in total. The predicted octanol–water partition coefficient (Wildman–Crippen LogP) is 7.04. The van der Waals surface area contributed by atoms with Crippen LogP contribution in [0.4, 0.5) is 11.4 Å². The lowest BCUT2D eigenvalue weighted by Crippen LogP contribution is -2.02. The zero-order valence-corrected chi connectivity index (χ0v) is 20.6. The molecular formula is C22H18N4O4S3. The van der Waals surface area contributed by atoms with Gasteiger partial charge in [-0.25, -0.2) is 0 Å². The molecule has 4 rings (SSSR count). The van der Waals surface area contributed by atoms with Crippen LogP contribution in [0, 0.1) is 47.9 Å². The second kappa shape index (κ2) is 9.08. The van der Waals surface area contributed by atoms with Crippen LogP contribution in [0.25, 0.3) is 11.0 Å². The van der Waals surface area contributed by atoms with Gasteiger partial charge in [0.25, 0.3) is 0 Å². The van der Waals surface area contributed by atoms with E-state index in [-0.39, 0.29) is 9.79 Å². The molecule has 11 heteroatoms. The Hall–Kier alpha value is -3.02. The van der Waals surface area contributed by atoms with E-state index >= 15 is 0 Å². The minimum Gasteiger partial charge on any atom is -0.258 e. The number of rotatable bonds is 6. The lowest BCUT2D eigenvalue weighted by molar-refractivity contribution is -0.426. The fourth-order valence-corrected chi connectivity index (χ4v) is 6.60. The molecular weight excluding hydrogens is 480 g/mol. The highest BCUT2D eigenvalue weighted by Gasteiger charge is 2.39. The molecule has 0 aliphatic carbocycles. The van der Waals surface area contributed by atoms with Crippen LogP contribution >= 0.6 is 35.3 Å². The van der Waals surface area contributed by atoms with E-state index in [2.05, 4.69) is 8.75 Å². The number of nitrogens with zero attached hydrogens (tertiary/aromatic N) is 4. The number of aryl methyl sites for hydroxylation is 4. The highest BCUT2D eigenvalue weighted by molar-refractivity contribution is 8.00. The van der Waals surface area contributed by atoms with E-state index in [0.717, 1.165) is 67.3 Å². The summed E-state index contributed by atoms with van der Waals surface area (Å²) in [6.45, 7) is 7.60. The van der Waals surface area contributed by atoms with E-state index in [4.69, 9.17) is 0 Å². The summed E-state index contributed by atoms with van der Waals surface area (Å²) in [5.41, 5.74) is 3.18. The maximum Gasteiger partial charge on any atom is 0.363 e. The number of hydrogen-bond donors (Lipinski definition) is 0. The van der Waals surface area contributed by atoms with Gasteiger partial charge in [0.15, 0.2) is 0 Å². The fourth-order valence-electron chi connectivity index (χ4n) is 3.58. The van der Waals surface area contributed by atoms with E-state index in [1.165, 1.54) is 0 Å². The van der Waals surface area contributed by atoms with Crippen LogP contribution in [0.3, 0.4) is 0 Å². The van der Waals surface area contributed by atoms with Gasteiger partial charge in [-0.1, -0.05) is 59.9 Å². The Morgan fingerprint density at radius 1 is 0.667 bits per heavy atom. The van der Waals surface area contributed by atoms with Gasteiger partial charge < -0.3 is 0 Å². The predicted molar refractivity (Wildman–Crippen MR) is 131 cm³/mol. The summed E-state index contributed by atoms with van der Waals surface area (Å²) < 4.78 is 8.67. The van der Waals surface area contributed by atoms with Gasteiger partial charge in [0.2, 0.25) is 0 Å². The summed E-state index contributed by atoms with van der Waals surface area (Å²) in [7, 11) is 0. The number of benzene rings is 3. The first kappa shape index (κ1) is 23.1. The molecule has 0 radical (unpaired) electrons. The van der Waals surface area contributed by atoms with Crippen LogP contribution in [0.1, 0.15) is 22.3 Å². The lowest BCUT2D eigenvalue weighted by atomic mass is 10.2. The second-order valence-electron chi connectivity index (χ2n) is 7.48. The molecule has 1 heterocycles. The Morgan fingerprint density at radius 3 is 1.30 bits per heavy atom. The van der Waals surface area contributed by atoms with E-state index in [1.807, 2.05) is 64.1 Å². The molecule has 0 spiro atoms. The molecule has 8 nitrogen and oxygen atoms in total. The van der Waals surface area contributed by atoms with Gasteiger partial charge in [0.05, 0.1) is 21.6 Å². The molecule has 0 aliphatic heterocycles. The summed E-state index contributed by atoms with van der Waals surface area (Å²) in [6, 6.07) is 11.4. The van der Waals surface area contributed by atoms with Crippen molar-refractivity contribution in [3.05, 3.63) is 78.9 Å². The highest BCUT2D eigenvalue weighted by atomic mass is 32.2. The van der Waals surface area contributed by atoms with Crippen molar-refractivity contribution in [1.82, 2.24) is 8.75 Å². The molecule has 0 saturated heterocycles. The number of fused-ring (bicyclic) bond motifs is 1. The van der Waals surface area contributed by atoms with Gasteiger partial charge in [-0.2, -0.15) is 8.75 Å². The third kappa shape index (κ3) is 4.19. The average molecular weight is 499 g/mol. The summed E-state index contributed by atoms with van der Waals surface area (Å²) in [4.78, 5) is 25.0. The zero-order chi connectivity index (χ0) is 23.9. The van der Waals surface area contributed by atoms with Gasteiger partial charge in [-0.05, 0) is 49.9 Å². The minimum absolute atomic E-state index is 0.138. The molecule has 0 fully saturated rings. The average Bonchev–Trinajstić information content (AvgIpc) is 3.23. The third-order valence-corrected chi connectivity index (χ3v) is 8.57. The molecule has 33 heavy (non-hydrogen) atoms. The van der Waals surface area contributed by atoms with Gasteiger partial charge in [0.1, 0.15) is 20.8 Å². The Labute approximate surface area is 202 Å². The van der Waals surface area contributed by atoms with Crippen molar-refractivity contribution in [3.63, 3.8) is 0 Å².